The SMILES string of the molecule is Nc1cccc2cc(C(=O)N3CCS(=O)(=O)CC3)[nH]c12. The van der Waals surface area contributed by atoms with Crippen molar-refractivity contribution in [3.8, 4) is 0 Å². The third-order valence-electron chi connectivity index (χ3n) is 3.55. The first-order chi connectivity index (χ1) is 9.46. The van der Waals surface area contributed by atoms with Crippen LogP contribution in [0, 0.1) is 0 Å². The molecule has 0 radical (unpaired) electrons. The summed E-state index contributed by atoms with van der Waals surface area (Å²) in [6.07, 6.45) is 0. The summed E-state index contributed by atoms with van der Waals surface area (Å²) < 4.78 is 22.8. The van der Waals surface area contributed by atoms with Gasteiger partial charge in [-0.2, -0.15) is 0 Å². The predicted molar refractivity (Wildman–Crippen MR) is 77.3 cm³/mol. The summed E-state index contributed by atoms with van der Waals surface area (Å²) in [6, 6.07) is 7.21. The van der Waals surface area contributed by atoms with E-state index < -0.39 is 9.84 Å². The third kappa shape index (κ3) is 2.24. The van der Waals surface area contributed by atoms with Gasteiger partial charge in [-0.05, 0) is 12.1 Å². The molecule has 0 atom stereocenters. The summed E-state index contributed by atoms with van der Waals surface area (Å²) in [5, 5.41) is 0.873. The van der Waals surface area contributed by atoms with E-state index >= 15 is 0 Å². The van der Waals surface area contributed by atoms with Crippen LogP contribution in [0.4, 0.5) is 5.69 Å². The average molecular weight is 293 g/mol. The molecular weight excluding hydrogens is 278 g/mol. The van der Waals surface area contributed by atoms with E-state index in [1.54, 1.807) is 17.0 Å². The minimum absolute atomic E-state index is 0.0289. The molecule has 1 saturated heterocycles. The first-order valence-corrected chi connectivity index (χ1v) is 8.15. The van der Waals surface area contributed by atoms with Crippen LogP contribution >= 0.6 is 0 Å². The molecule has 1 aliphatic heterocycles. The Hall–Kier alpha value is -2.02. The molecule has 3 N–H and O–H groups in total. The Bertz CT molecular complexity index is 765. The zero-order valence-electron chi connectivity index (χ0n) is 10.8. The molecule has 1 fully saturated rings. The third-order valence-corrected chi connectivity index (χ3v) is 5.16. The van der Waals surface area contributed by atoms with E-state index in [1.165, 1.54) is 0 Å². The molecular formula is C13H15N3O3S. The number of H-pyrrole nitrogens is 1. The summed E-state index contributed by atoms with van der Waals surface area (Å²) >= 11 is 0. The number of sulfone groups is 1. The highest BCUT2D eigenvalue weighted by molar-refractivity contribution is 7.91. The van der Waals surface area contributed by atoms with Crippen molar-refractivity contribution in [1.29, 1.82) is 0 Å². The van der Waals surface area contributed by atoms with Crippen LogP contribution in [0.1, 0.15) is 10.5 Å². The molecule has 0 aliphatic carbocycles. The topological polar surface area (TPSA) is 96.3 Å². The van der Waals surface area contributed by atoms with Crippen LogP contribution in [0.2, 0.25) is 0 Å². The normalized spacial score (nSPS) is 18.3. The number of nitrogens with zero attached hydrogens (tertiary/aromatic N) is 1. The van der Waals surface area contributed by atoms with E-state index in [2.05, 4.69) is 4.98 Å². The molecule has 1 amide bonds. The molecule has 1 aromatic heterocycles. The molecule has 2 aromatic rings. The molecule has 0 bridgehead atoms. The summed E-state index contributed by atoms with van der Waals surface area (Å²) in [7, 11) is -2.99. The average Bonchev–Trinajstić information content (AvgIpc) is 2.83. The van der Waals surface area contributed by atoms with Crippen molar-refractivity contribution in [2.45, 2.75) is 0 Å². The van der Waals surface area contributed by atoms with Gasteiger partial charge in [0.1, 0.15) is 5.69 Å². The van der Waals surface area contributed by atoms with Crippen molar-refractivity contribution in [2.75, 3.05) is 30.3 Å². The van der Waals surface area contributed by atoms with E-state index in [9.17, 15) is 13.2 Å². The van der Waals surface area contributed by atoms with Gasteiger partial charge in [0.05, 0.1) is 22.7 Å². The number of anilines is 1. The zero-order chi connectivity index (χ0) is 14.3. The number of rotatable bonds is 1. The van der Waals surface area contributed by atoms with Gasteiger partial charge in [0.25, 0.3) is 5.91 Å². The zero-order valence-corrected chi connectivity index (χ0v) is 11.6. The maximum Gasteiger partial charge on any atom is 0.270 e. The molecule has 1 aliphatic rings. The van der Waals surface area contributed by atoms with Crippen LogP contribution in [0.15, 0.2) is 24.3 Å². The van der Waals surface area contributed by atoms with Crippen molar-refractivity contribution >= 4 is 32.3 Å². The number of fused-ring (bicyclic) bond motifs is 1. The van der Waals surface area contributed by atoms with E-state index in [0.717, 1.165) is 10.9 Å². The molecule has 0 unspecified atom stereocenters. The van der Waals surface area contributed by atoms with Crippen LogP contribution in [-0.4, -0.2) is 48.8 Å². The Morgan fingerprint density at radius 2 is 1.95 bits per heavy atom. The maximum absolute atomic E-state index is 12.4. The van der Waals surface area contributed by atoms with Crippen molar-refractivity contribution < 1.29 is 13.2 Å². The lowest BCUT2D eigenvalue weighted by molar-refractivity contribution is 0.0765. The molecule has 1 aromatic carbocycles. The Kier molecular flexibility index (Phi) is 2.93. The van der Waals surface area contributed by atoms with Crippen LogP contribution in [0.5, 0.6) is 0 Å². The molecule has 0 saturated carbocycles. The lowest BCUT2D eigenvalue weighted by Gasteiger charge is -2.26. The van der Waals surface area contributed by atoms with Gasteiger partial charge >= 0.3 is 0 Å². The fraction of sp³-hybridized carbons (Fsp3) is 0.308. The molecule has 106 valence electrons. The Labute approximate surface area is 116 Å². The van der Waals surface area contributed by atoms with E-state index in [1.807, 2.05) is 12.1 Å². The van der Waals surface area contributed by atoms with Crippen molar-refractivity contribution in [3.05, 3.63) is 30.0 Å². The van der Waals surface area contributed by atoms with Gasteiger partial charge in [-0.25, -0.2) is 8.42 Å². The van der Waals surface area contributed by atoms with E-state index in [4.69, 9.17) is 5.73 Å². The lowest BCUT2D eigenvalue weighted by Crippen LogP contribution is -2.43. The number of benzene rings is 1. The molecule has 7 heteroatoms. The summed E-state index contributed by atoms with van der Waals surface area (Å²) in [6.45, 7) is 0.484. The summed E-state index contributed by atoms with van der Waals surface area (Å²) in [5.74, 6) is -0.127. The number of aromatic nitrogens is 1. The van der Waals surface area contributed by atoms with Gasteiger partial charge in [0.2, 0.25) is 0 Å². The summed E-state index contributed by atoms with van der Waals surface area (Å²) in [5.41, 5.74) is 7.61. The molecule has 0 spiro atoms. The highest BCUT2D eigenvalue weighted by atomic mass is 32.2. The number of nitrogens with two attached hydrogens (primary N) is 1. The molecule has 3 rings (SSSR count). The van der Waals surface area contributed by atoms with E-state index in [0.29, 0.717) is 11.4 Å². The van der Waals surface area contributed by atoms with Gasteiger partial charge in [0, 0.05) is 18.5 Å². The van der Waals surface area contributed by atoms with E-state index in [-0.39, 0.29) is 30.5 Å². The first-order valence-electron chi connectivity index (χ1n) is 6.33. The van der Waals surface area contributed by atoms with Gasteiger partial charge in [0.15, 0.2) is 9.84 Å². The fourth-order valence-electron chi connectivity index (χ4n) is 2.38. The van der Waals surface area contributed by atoms with Gasteiger partial charge in [-0.15, -0.1) is 0 Å². The van der Waals surface area contributed by atoms with Crippen LogP contribution in [0.3, 0.4) is 0 Å². The summed E-state index contributed by atoms with van der Waals surface area (Å²) in [4.78, 5) is 16.9. The molecule has 2 heterocycles. The van der Waals surface area contributed by atoms with Crippen LogP contribution in [0.25, 0.3) is 10.9 Å². The highest BCUT2D eigenvalue weighted by Crippen LogP contribution is 2.22. The highest BCUT2D eigenvalue weighted by Gasteiger charge is 2.26. The van der Waals surface area contributed by atoms with Crippen molar-refractivity contribution in [1.82, 2.24) is 9.88 Å². The van der Waals surface area contributed by atoms with Crippen LogP contribution in [-0.2, 0) is 9.84 Å². The Balaban J connectivity index is 1.88. The number of aromatic amines is 1. The second-order valence-electron chi connectivity index (χ2n) is 4.94. The largest absolute Gasteiger partial charge is 0.397 e. The Morgan fingerprint density at radius 1 is 1.25 bits per heavy atom. The fourth-order valence-corrected chi connectivity index (χ4v) is 3.58. The second kappa shape index (κ2) is 4.52. The quantitative estimate of drug-likeness (QED) is 0.753. The van der Waals surface area contributed by atoms with Gasteiger partial charge in [-0.3, -0.25) is 4.79 Å². The number of para-hydroxylation sites is 1. The number of carbonyl (C=O) groups excluding carboxylic acids is 1. The standard InChI is InChI=1S/C13H15N3O3S/c14-10-3-1-2-9-8-11(15-12(9)10)13(17)16-4-6-20(18,19)7-5-16/h1-3,8,15H,4-7,14H2. The second-order valence-corrected chi connectivity index (χ2v) is 7.24. The number of carbonyl (C=O) groups is 1. The maximum atomic E-state index is 12.4. The van der Waals surface area contributed by atoms with Gasteiger partial charge in [-0.1, -0.05) is 12.1 Å². The monoisotopic (exact) mass is 293 g/mol. The predicted octanol–water partition coefficient (Wildman–Crippen LogP) is 0.621. The smallest absolute Gasteiger partial charge is 0.270 e. The van der Waals surface area contributed by atoms with Crippen molar-refractivity contribution in [2.24, 2.45) is 0 Å². The number of amides is 1. The lowest BCUT2D eigenvalue weighted by atomic mass is 10.2. The molecule has 20 heavy (non-hydrogen) atoms. The minimum Gasteiger partial charge on any atom is -0.397 e. The van der Waals surface area contributed by atoms with Crippen LogP contribution < -0.4 is 5.73 Å². The number of nitrogen functional groups attached to an aromatic ring is 1. The van der Waals surface area contributed by atoms with Gasteiger partial charge < -0.3 is 15.6 Å². The first kappa shape index (κ1) is 13.0. The minimum atomic E-state index is -2.99. The Morgan fingerprint density at radius 3 is 2.60 bits per heavy atom. The van der Waals surface area contributed by atoms with Crippen molar-refractivity contribution in [3.63, 3.8) is 0 Å². The molecule has 6 nitrogen and oxygen atoms in total. The number of nitrogens with one attached hydrogen (secondary N) is 1. The number of hydrogen-bond donors (Lipinski definition) is 2. The number of hydrogen-bond acceptors (Lipinski definition) is 4.